The highest BCUT2D eigenvalue weighted by atomic mass is 32.2. The lowest BCUT2D eigenvalue weighted by molar-refractivity contribution is -0.245. The molecule has 0 bridgehead atoms. The summed E-state index contributed by atoms with van der Waals surface area (Å²) in [4.78, 5) is 25.2. The fourth-order valence-electron chi connectivity index (χ4n) is 6.33. The van der Waals surface area contributed by atoms with Crippen LogP contribution in [-0.2, 0) is 27.4 Å². The molecule has 0 aliphatic carbocycles. The molecule has 6 aromatic rings. The van der Waals surface area contributed by atoms with Crippen LogP contribution in [0, 0.1) is 0 Å². The minimum Gasteiger partial charge on any atom is -0.457 e. The molecule has 1 heterocycles. The third-order valence-corrected chi connectivity index (χ3v) is 10.4. The summed E-state index contributed by atoms with van der Waals surface area (Å²) < 4.78 is 19.0. The normalized spacial score (nSPS) is 16.4. The predicted octanol–water partition coefficient (Wildman–Crippen LogP) is 10.3. The largest absolute Gasteiger partial charge is 0.457 e. The van der Waals surface area contributed by atoms with Gasteiger partial charge in [0.1, 0.15) is 11.5 Å². The van der Waals surface area contributed by atoms with Gasteiger partial charge in [-0.15, -0.1) is 11.8 Å². The van der Waals surface area contributed by atoms with Gasteiger partial charge in [0.05, 0.1) is 18.8 Å². The van der Waals surface area contributed by atoms with Crippen molar-refractivity contribution in [2.45, 2.75) is 49.9 Å². The van der Waals surface area contributed by atoms with Gasteiger partial charge in [0.2, 0.25) is 5.91 Å². The lowest BCUT2D eigenvalue weighted by Crippen LogP contribution is -2.31. The lowest BCUT2D eigenvalue weighted by Gasteiger charge is -2.36. The molecule has 1 fully saturated rings. The van der Waals surface area contributed by atoms with E-state index >= 15 is 0 Å². The topological polar surface area (TPSA) is 118 Å². The first kappa shape index (κ1) is 38.4. The Hall–Kier alpha value is -5.91. The SMILES string of the molecule is CC(=O)Nc1ccc(SC[C@@H]2C[C@H](c3ccc(CO)cc3)O[C@H](c3ccc(-c4cccc(CNC(=O)Nc5ccc(Oc6ccccc6)cc5)c4)cc3)O2)cc1. The van der Waals surface area contributed by atoms with Crippen molar-refractivity contribution >= 4 is 35.1 Å². The van der Waals surface area contributed by atoms with Crippen molar-refractivity contribution in [3.05, 3.63) is 174 Å². The third kappa shape index (κ3) is 10.6. The van der Waals surface area contributed by atoms with E-state index in [1.807, 2.05) is 121 Å². The van der Waals surface area contributed by atoms with Crippen LogP contribution < -0.4 is 20.7 Å². The van der Waals surface area contributed by atoms with Gasteiger partial charge in [-0.25, -0.2) is 4.79 Å². The van der Waals surface area contributed by atoms with Crippen LogP contribution in [0.25, 0.3) is 11.1 Å². The Morgan fingerprint density at radius 2 is 1.38 bits per heavy atom. The number of hydrogen-bond acceptors (Lipinski definition) is 7. The third-order valence-electron chi connectivity index (χ3n) is 9.21. The molecule has 0 radical (unpaired) electrons. The number of aliphatic hydroxyl groups excluding tert-OH is 1. The maximum atomic E-state index is 12.7. The summed E-state index contributed by atoms with van der Waals surface area (Å²) in [6.07, 6.45) is -0.179. The van der Waals surface area contributed by atoms with Crippen molar-refractivity contribution in [3.8, 4) is 22.6 Å². The summed E-state index contributed by atoms with van der Waals surface area (Å²) in [6, 6.07) is 48.4. The van der Waals surface area contributed by atoms with Crippen LogP contribution in [0.4, 0.5) is 16.2 Å². The van der Waals surface area contributed by atoms with Gasteiger partial charge in [0.25, 0.3) is 0 Å². The number of aliphatic hydroxyl groups is 1. The summed E-state index contributed by atoms with van der Waals surface area (Å²) in [5.41, 5.74) is 7.24. The summed E-state index contributed by atoms with van der Waals surface area (Å²) in [6.45, 7) is 1.84. The number of benzene rings is 6. The number of thioether (sulfide) groups is 1. The number of nitrogens with one attached hydrogen (secondary N) is 3. The zero-order valence-corrected chi connectivity index (χ0v) is 31.7. The van der Waals surface area contributed by atoms with E-state index in [2.05, 4.69) is 34.1 Å². The molecule has 3 amide bonds. The van der Waals surface area contributed by atoms with Crippen molar-refractivity contribution in [2.75, 3.05) is 16.4 Å². The Balaban J connectivity index is 0.969. The Morgan fingerprint density at radius 3 is 2.09 bits per heavy atom. The van der Waals surface area contributed by atoms with Gasteiger partial charge in [-0.3, -0.25) is 4.79 Å². The molecule has 0 aromatic heterocycles. The van der Waals surface area contributed by atoms with Crippen molar-refractivity contribution < 1.29 is 28.9 Å². The number of para-hydroxylation sites is 1. The molecule has 1 saturated heterocycles. The number of carbonyl (C=O) groups excluding carboxylic acids is 2. The van der Waals surface area contributed by atoms with E-state index in [1.165, 1.54) is 6.92 Å². The summed E-state index contributed by atoms with van der Waals surface area (Å²) in [5, 5.41) is 18.2. The van der Waals surface area contributed by atoms with E-state index in [9.17, 15) is 14.7 Å². The molecule has 9 nitrogen and oxygen atoms in total. The Bertz CT molecular complexity index is 2200. The fourth-order valence-corrected chi connectivity index (χ4v) is 7.25. The Labute approximate surface area is 331 Å². The zero-order chi connectivity index (χ0) is 38.7. The smallest absolute Gasteiger partial charge is 0.319 e. The fraction of sp³-hybridized carbons (Fsp3) is 0.174. The summed E-state index contributed by atoms with van der Waals surface area (Å²) in [7, 11) is 0. The summed E-state index contributed by atoms with van der Waals surface area (Å²) >= 11 is 1.70. The van der Waals surface area contributed by atoms with Crippen LogP contribution in [0.2, 0.25) is 0 Å². The number of amides is 3. The first-order valence-electron chi connectivity index (χ1n) is 18.4. The molecule has 3 atom stereocenters. The monoisotopic (exact) mass is 765 g/mol. The van der Waals surface area contributed by atoms with E-state index in [1.54, 1.807) is 23.9 Å². The molecular weight excluding hydrogens is 723 g/mol. The van der Waals surface area contributed by atoms with Gasteiger partial charge in [0, 0.05) is 47.5 Å². The van der Waals surface area contributed by atoms with E-state index < -0.39 is 6.29 Å². The summed E-state index contributed by atoms with van der Waals surface area (Å²) in [5.74, 6) is 2.05. The molecule has 10 heteroatoms. The highest BCUT2D eigenvalue weighted by Gasteiger charge is 2.32. The van der Waals surface area contributed by atoms with E-state index in [0.29, 0.717) is 24.4 Å². The lowest BCUT2D eigenvalue weighted by atomic mass is 9.99. The van der Waals surface area contributed by atoms with Crippen LogP contribution in [0.15, 0.2) is 157 Å². The van der Waals surface area contributed by atoms with Gasteiger partial charge in [-0.05, 0) is 94.5 Å². The van der Waals surface area contributed by atoms with Crippen LogP contribution in [0.3, 0.4) is 0 Å². The second-order valence-corrected chi connectivity index (χ2v) is 14.5. The van der Waals surface area contributed by atoms with Crippen molar-refractivity contribution in [1.82, 2.24) is 5.32 Å². The van der Waals surface area contributed by atoms with Gasteiger partial charge in [-0.2, -0.15) is 0 Å². The molecule has 1 aliphatic rings. The molecule has 284 valence electrons. The van der Waals surface area contributed by atoms with Gasteiger partial charge in [-0.1, -0.05) is 84.9 Å². The minimum absolute atomic E-state index is 0.0137. The molecule has 1 aliphatic heterocycles. The molecule has 0 unspecified atom stereocenters. The number of rotatable bonds is 13. The number of urea groups is 1. The quantitative estimate of drug-likeness (QED) is 0.0865. The molecule has 0 spiro atoms. The van der Waals surface area contributed by atoms with Crippen molar-refractivity contribution in [1.29, 1.82) is 0 Å². The second-order valence-electron chi connectivity index (χ2n) is 13.4. The first-order valence-corrected chi connectivity index (χ1v) is 19.4. The van der Waals surface area contributed by atoms with Crippen LogP contribution in [-0.4, -0.2) is 28.9 Å². The molecule has 4 N–H and O–H groups in total. The Kier molecular flexibility index (Phi) is 12.8. The molecule has 56 heavy (non-hydrogen) atoms. The number of hydrogen-bond donors (Lipinski definition) is 4. The van der Waals surface area contributed by atoms with Crippen LogP contribution in [0.1, 0.15) is 48.0 Å². The molecule has 0 saturated carbocycles. The maximum Gasteiger partial charge on any atom is 0.319 e. The van der Waals surface area contributed by atoms with E-state index in [-0.39, 0.29) is 30.8 Å². The predicted molar refractivity (Wildman–Crippen MR) is 221 cm³/mol. The molecule has 6 aromatic carbocycles. The van der Waals surface area contributed by atoms with Crippen LogP contribution in [0.5, 0.6) is 11.5 Å². The van der Waals surface area contributed by atoms with Crippen molar-refractivity contribution in [2.24, 2.45) is 0 Å². The second kappa shape index (κ2) is 18.6. The van der Waals surface area contributed by atoms with Gasteiger partial charge >= 0.3 is 6.03 Å². The average Bonchev–Trinajstić information content (AvgIpc) is 3.24. The number of anilines is 2. The van der Waals surface area contributed by atoms with E-state index in [4.69, 9.17) is 14.2 Å². The maximum absolute atomic E-state index is 12.7. The van der Waals surface area contributed by atoms with Crippen molar-refractivity contribution in [3.63, 3.8) is 0 Å². The highest BCUT2D eigenvalue weighted by molar-refractivity contribution is 7.99. The zero-order valence-electron chi connectivity index (χ0n) is 30.9. The van der Waals surface area contributed by atoms with E-state index in [0.717, 1.165) is 55.5 Å². The Morgan fingerprint density at radius 1 is 0.696 bits per heavy atom. The average molecular weight is 766 g/mol. The molecular formula is C46H43N3O6S. The molecule has 7 rings (SSSR count). The van der Waals surface area contributed by atoms with Gasteiger partial charge in [0.15, 0.2) is 6.29 Å². The first-order chi connectivity index (χ1) is 27.4. The van der Waals surface area contributed by atoms with Crippen LogP contribution >= 0.6 is 11.8 Å². The minimum atomic E-state index is -0.574. The standard InChI is InChI=1S/C46H43N3O6S/c1-31(51)48-38-20-24-43(25-21-38)56-30-42-27-44(35-12-10-32(29-50)11-13-35)55-45(54-42)36-16-14-34(15-17-36)37-7-5-6-33(26-37)28-47-46(52)49-39-18-22-41(23-19-39)53-40-8-3-2-4-9-40/h2-26,42,44-45,50H,27-30H2,1H3,(H,48,51)(H2,47,49,52)/t42-,44+,45+/m0/s1. The number of ether oxygens (including phenoxy) is 3. The highest BCUT2D eigenvalue weighted by Crippen LogP contribution is 2.40. The number of carbonyl (C=O) groups is 2. The van der Waals surface area contributed by atoms with Gasteiger partial charge < -0.3 is 35.3 Å².